The number of halogens is 1. The zero-order valence-electron chi connectivity index (χ0n) is 8.29. The second kappa shape index (κ2) is 3.24. The van der Waals surface area contributed by atoms with Gasteiger partial charge < -0.3 is 5.32 Å². The number of rotatable bonds is 1. The molecule has 1 aliphatic heterocycles. The Morgan fingerprint density at radius 3 is 2.80 bits per heavy atom. The van der Waals surface area contributed by atoms with Crippen LogP contribution in [-0.4, -0.2) is 5.91 Å². The molecule has 0 saturated heterocycles. The normalized spacial score (nSPS) is 24.6. The Balaban J connectivity index is 2.07. The smallest absolute Gasteiger partial charge is 0.252 e. The van der Waals surface area contributed by atoms with Gasteiger partial charge in [0.25, 0.3) is 5.91 Å². The van der Waals surface area contributed by atoms with Gasteiger partial charge in [0, 0.05) is 16.1 Å². The minimum absolute atomic E-state index is 0.0319. The number of hydrogen-bond donors (Lipinski definition) is 1. The predicted octanol–water partition coefficient (Wildman–Crippen LogP) is 2.92. The minimum atomic E-state index is 0.0319. The van der Waals surface area contributed by atoms with Crippen LogP contribution in [0.2, 0.25) is 5.02 Å². The van der Waals surface area contributed by atoms with Crippen molar-refractivity contribution in [3.63, 3.8) is 0 Å². The molecule has 0 radical (unpaired) electrons. The number of fused-ring (bicyclic) bond motifs is 1. The molecular formula is C12H12ClNO. The fraction of sp³-hybridized carbons (Fsp3) is 0.417. The summed E-state index contributed by atoms with van der Waals surface area (Å²) in [6, 6.07) is 5.72. The van der Waals surface area contributed by atoms with Crippen molar-refractivity contribution < 1.29 is 4.79 Å². The van der Waals surface area contributed by atoms with Crippen LogP contribution in [0.25, 0.3) is 0 Å². The number of nitrogens with one attached hydrogen (secondary N) is 1. The van der Waals surface area contributed by atoms with E-state index in [4.69, 9.17) is 11.6 Å². The number of amides is 1. The Morgan fingerprint density at radius 1 is 1.33 bits per heavy atom. The average molecular weight is 222 g/mol. The monoisotopic (exact) mass is 221 g/mol. The van der Waals surface area contributed by atoms with E-state index in [0.29, 0.717) is 5.92 Å². The Morgan fingerprint density at radius 2 is 2.13 bits per heavy atom. The van der Waals surface area contributed by atoms with Gasteiger partial charge in [-0.15, -0.1) is 0 Å². The van der Waals surface area contributed by atoms with E-state index < -0.39 is 0 Å². The fourth-order valence-electron chi connectivity index (χ4n) is 2.47. The molecule has 3 heteroatoms. The molecule has 1 atom stereocenters. The Labute approximate surface area is 93.6 Å². The van der Waals surface area contributed by atoms with E-state index in [9.17, 15) is 4.79 Å². The number of hydrogen-bond acceptors (Lipinski definition) is 1. The van der Waals surface area contributed by atoms with E-state index in [1.54, 1.807) is 0 Å². The molecule has 1 aliphatic carbocycles. The molecule has 78 valence electrons. The Bertz CT molecular complexity index is 426. The van der Waals surface area contributed by atoms with Gasteiger partial charge in [-0.2, -0.15) is 0 Å². The van der Waals surface area contributed by atoms with Crippen molar-refractivity contribution >= 4 is 17.5 Å². The van der Waals surface area contributed by atoms with Gasteiger partial charge in [0.2, 0.25) is 0 Å². The highest BCUT2D eigenvalue weighted by molar-refractivity contribution is 6.32. The molecule has 1 amide bonds. The van der Waals surface area contributed by atoms with Crippen LogP contribution in [-0.2, 0) is 0 Å². The van der Waals surface area contributed by atoms with Crippen molar-refractivity contribution in [3.05, 3.63) is 34.3 Å². The van der Waals surface area contributed by atoms with Crippen LogP contribution in [0, 0.1) is 5.92 Å². The highest BCUT2D eigenvalue weighted by atomic mass is 35.5. The maximum absolute atomic E-state index is 11.7. The summed E-state index contributed by atoms with van der Waals surface area (Å²) in [5.41, 5.74) is 1.79. The summed E-state index contributed by atoms with van der Waals surface area (Å²) in [6.07, 6.45) is 3.68. The molecule has 15 heavy (non-hydrogen) atoms. The summed E-state index contributed by atoms with van der Waals surface area (Å²) in [5, 5.41) is 3.76. The summed E-state index contributed by atoms with van der Waals surface area (Å²) < 4.78 is 0. The fourth-order valence-corrected chi connectivity index (χ4v) is 2.76. The molecule has 1 unspecified atom stereocenters. The van der Waals surface area contributed by atoms with Gasteiger partial charge in [-0.05, 0) is 30.9 Å². The van der Waals surface area contributed by atoms with E-state index in [-0.39, 0.29) is 11.9 Å². The maximum Gasteiger partial charge on any atom is 0.252 e. The van der Waals surface area contributed by atoms with E-state index in [0.717, 1.165) is 16.1 Å². The van der Waals surface area contributed by atoms with Crippen molar-refractivity contribution in [2.45, 2.75) is 25.3 Å². The van der Waals surface area contributed by atoms with Gasteiger partial charge in [-0.25, -0.2) is 0 Å². The van der Waals surface area contributed by atoms with E-state index in [1.807, 2.05) is 18.2 Å². The molecule has 1 aromatic rings. The first-order valence-corrected chi connectivity index (χ1v) is 5.74. The molecule has 0 bridgehead atoms. The third-order valence-electron chi connectivity index (χ3n) is 3.52. The van der Waals surface area contributed by atoms with Gasteiger partial charge in [-0.1, -0.05) is 24.1 Å². The summed E-state index contributed by atoms with van der Waals surface area (Å²) in [7, 11) is 0. The molecule has 1 fully saturated rings. The van der Waals surface area contributed by atoms with Gasteiger partial charge >= 0.3 is 0 Å². The van der Waals surface area contributed by atoms with E-state index >= 15 is 0 Å². The second-order valence-corrected chi connectivity index (χ2v) is 4.75. The van der Waals surface area contributed by atoms with Crippen molar-refractivity contribution in [1.82, 2.24) is 5.32 Å². The summed E-state index contributed by atoms with van der Waals surface area (Å²) in [5.74, 6) is 0.625. The maximum atomic E-state index is 11.7. The number of benzene rings is 1. The predicted molar refractivity (Wildman–Crippen MR) is 59.0 cm³/mol. The first kappa shape index (κ1) is 9.22. The summed E-state index contributed by atoms with van der Waals surface area (Å²) >= 11 is 6.16. The van der Waals surface area contributed by atoms with Crippen molar-refractivity contribution in [1.29, 1.82) is 0 Å². The average Bonchev–Trinajstić information content (AvgIpc) is 2.43. The topological polar surface area (TPSA) is 29.1 Å². The highest BCUT2D eigenvalue weighted by Gasteiger charge is 2.38. The first-order valence-electron chi connectivity index (χ1n) is 5.36. The van der Waals surface area contributed by atoms with Gasteiger partial charge in [-0.3, -0.25) is 4.79 Å². The molecule has 1 aromatic carbocycles. The standard InChI is InChI=1S/C12H12ClNO/c13-9-6-2-5-8-10(9)11(14-12(8)15)7-3-1-4-7/h2,5-7,11H,1,3-4H2,(H,14,15). The molecule has 2 aliphatic rings. The molecular weight excluding hydrogens is 210 g/mol. The Kier molecular flexibility index (Phi) is 1.99. The lowest BCUT2D eigenvalue weighted by Crippen LogP contribution is -2.29. The lowest BCUT2D eigenvalue weighted by atomic mass is 9.77. The number of carbonyl (C=O) groups excluding carboxylic acids is 1. The summed E-state index contributed by atoms with van der Waals surface area (Å²) in [6.45, 7) is 0. The zero-order valence-corrected chi connectivity index (χ0v) is 9.05. The third-order valence-corrected chi connectivity index (χ3v) is 3.85. The minimum Gasteiger partial charge on any atom is -0.345 e. The van der Waals surface area contributed by atoms with Crippen LogP contribution < -0.4 is 5.32 Å². The van der Waals surface area contributed by atoms with Crippen LogP contribution in [0.15, 0.2) is 18.2 Å². The SMILES string of the molecule is O=C1NC(C2CCC2)c2c(Cl)cccc21. The lowest BCUT2D eigenvalue weighted by molar-refractivity contribution is 0.0932. The molecule has 1 heterocycles. The van der Waals surface area contributed by atoms with E-state index in [2.05, 4.69) is 5.32 Å². The van der Waals surface area contributed by atoms with Crippen LogP contribution in [0.3, 0.4) is 0 Å². The molecule has 1 N–H and O–H groups in total. The Hall–Kier alpha value is -1.02. The van der Waals surface area contributed by atoms with Gasteiger partial charge in [0.1, 0.15) is 0 Å². The molecule has 1 saturated carbocycles. The molecule has 0 aromatic heterocycles. The van der Waals surface area contributed by atoms with Crippen LogP contribution in [0.1, 0.15) is 41.2 Å². The van der Waals surface area contributed by atoms with Crippen LogP contribution in [0.4, 0.5) is 0 Å². The third kappa shape index (κ3) is 1.28. The largest absolute Gasteiger partial charge is 0.345 e. The first-order chi connectivity index (χ1) is 7.27. The zero-order chi connectivity index (χ0) is 10.4. The van der Waals surface area contributed by atoms with Gasteiger partial charge in [0.05, 0.1) is 6.04 Å². The van der Waals surface area contributed by atoms with Crippen LogP contribution >= 0.6 is 11.6 Å². The van der Waals surface area contributed by atoms with Crippen LogP contribution in [0.5, 0.6) is 0 Å². The number of carbonyl (C=O) groups is 1. The molecule has 0 spiro atoms. The summed E-state index contributed by atoms with van der Waals surface area (Å²) in [4.78, 5) is 11.7. The highest BCUT2D eigenvalue weighted by Crippen LogP contribution is 2.43. The van der Waals surface area contributed by atoms with Crippen molar-refractivity contribution in [3.8, 4) is 0 Å². The van der Waals surface area contributed by atoms with Crippen molar-refractivity contribution in [2.75, 3.05) is 0 Å². The molecule has 3 rings (SSSR count). The van der Waals surface area contributed by atoms with E-state index in [1.165, 1.54) is 19.3 Å². The lowest BCUT2D eigenvalue weighted by Gasteiger charge is -2.31. The van der Waals surface area contributed by atoms with Crippen molar-refractivity contribution in [2.24, 2.45) is 5.92 Å². The second-order valence-electron chi connectivity index (χ2n) is 4.34. The van der Waals surface area contributed by atoms with Gasteiger partial charge in [0.15, 0.2) is 0 Å². The molecule has 2 nitrogen and oxygen atoms in total. The quantitative estimate of drug-likeness (QED) is 0.776.